The van der Waals surface area contributed by atoms with Crippen LogP contribution in [-0.2, 0) is 30.8 Å². The van der Waals surface area contributed by atoms with Crippen molar-refractivity contribution in [1.82, 2.24) is 0 Å². The fourth-order valence-corrected chi connectivity index (χ4v) is 8.60. The molecule has 232 valence electrons. The van der Waals surface area contributed by atoms with Crippen LogP contribution >= 0.6 is 43.6 Å². The second-order valence-electron chi connectivity index (χ2n) is 10.5. The number of benzene rings is 4. The standard InChI is InChI=1S/C17H18BrNO3S.C17H18BrNOS/c18-15-10-16(19-6-8-22-9-7-19)12-17(11-15)23(20,21)13-14-4-2-1-3-5-14;18-15-10-16(19-6-8-20-9-7-19)12-17(11-15)21-13-14-4-2-1-3-5-14/h1-5,10-12H,6-9,13H2;1-5,10-12H,6-9,13H2. The van der Waals surface area contributed by atoms with Gasteiger partial charge in [-0.2, -0.15) is 0 Å². The molecule has 0 saturated carbocycles. The van der Waals surface area contributed by atoms with Gasteiger partial charge in [0.05, 0.1) is 37.1 Å². The van der Waals surface area contributed by atoms with Crippen LogP contribution in [0.2, 0.25) is 0 Å². The van der Waals surface area contributed by atoms with Crippen molar-refractivity contribution in [3.63, 3.8) is 0 Å². The summed E-state index contributed by atoms with van der Waals surface area (Å²) < 4.78 is 38.1. The van der Waals surface area contributed by atoms with E-state index in [2.05, 4.69) is 90.2 Å². The Morgan fingerprint density at radius 1 is 0.636 bits per heavy atom. The number of anilines is 2. The Bertz CT molecular complexity index is 1600. The molecule has 2 saturated heterocycles. The first-order valence-electron chi connectivity index (χ1n) is 14.6. The molecule has 2 aliphatic heterocycles. The van der Waals surface area contributed by atoms with Crippen LogP contribution < -0.4 is 9.80 Å². The topological polar surface area (TPSA) is 59.1 Å². The van der Waals surface area contributed by atoms with Gasteiger partial charge in [0.25, 0.3) is 0 Å². The van der Waals surface area contributed by atoms with Crippen LogP contribution in [0.5, 0.6) is 0 Å². The van der Waals surface area contributed by atoms with Crippen molar-refractivity contribution in [2.75, 3.05) is 62.4 Å². The smallest absolute Gasteiger partial charge is 0.182 e. The van der Waals surface area contributed by atoms with E-state index < -0.39 is 9.84 Å². The molecule has 0 N–H and O–H groups in total. The predicted molar refractivity (Wildman–Crippen MR) is 188 cm³/mol. The van der Waals surface area contributed by atoms with E-state index in [9.17, 15) is 8.42 Å². The summed E-state index contributed by atoms with van der Waals surface area (Å²) in [5.74, 6) is 1.01. The minimum absolute atomic E-state index is 0.00679. The zero-order valence-electron chi connectivity index (χ0n) is 24.4. The van der Waals surface area contributed by atoms with E-state index in [1.165, 1.54) is 16.1 Å². The molecule has 2 fully saturated rings. The van der Waals surface area contributed by atoms with Gasteiger partial charge in [0.2, 0.25) is 0 Å². The highest BCUT2D eigenvalue weighted by Gasteiger charge is 2.20. The highest BCUT2D eigenvalue weighted by atomic mass is 79.9. The molecule has 4 aromatic carbocycles. The summed E-state index contributed by atoms with van der Waals surface area (Å²) in [4.78, 5) is 6.18. The lowest BCUT2D eigenvalue weighted by Gasteiger charge is -2.29. The number of rotatable bonds is 8. The molecule has 0 radical (unpaired) electrons. The van der Waals surface area contributed by atoms with Gasteiger partial charge < -0.3 is 19.3 Å². The SMILES string of the molecule is Brc1cc(SCc2ccccc2)cc(N2CCOCC2)c1.O=S(=O)(Cc1ccccc1)c1cc(Br)cc(N2CCOCC2)c1. The average molecular weight is 761 g/mol. The molecule has 0 aromatic heterocycles. The van der Waals surface area contributed by atoms with E-state index in [1.54, 1.807) is 12.1 Å². The molecule has 10 heteroatoms. The molecule has 6 rings (SSSR count). The molecule has 0 atom stereocenters. The number of nitrogens with zero attached hydrogens (tertiary/aromatic N) is 2. The first-order chi connectivity index (χ1) is 21.4. The summed E-state index contributed by atoms with van der Waals surface area (Å²) >= 11 is 8.95. The predicted octanol–water partition coefficient (Wildman–Crippen LogP) is 7.84. The van der Waals surface area contributed by atoms with Crippen molar-refractivity contribution < 1.29 is 17.9 Å². The number of morpholine rings is 2. The lowest BCUT2D eigenvalue weighted by Crippen LogP contribution is -2.36. The Balaban J connectivity index is 0.000000175. The van der Waals surface area contributed by atoms with Gasteiger partial charge >= 0.3 is 0 Å². The maximum Gasteiger partial charge on any atom is 0.182 e. The van der Waals surface area contributed by atoms with E-state index in [-0.39, 0.29) is 5.75 Å². The van der Waals surface area contributed by atoms with E-state index in [4.69, 9.17) is 9.47 Å². The van der Waals surface area contributed by atoms with Crippen molar-refractivity contribution in [2.45, 2.75) is 21.3 Å². The monoisotopic (exact) mass is 758 g/mol. The van der Waals surface area contributed by atoms with E-state index in [1.807, 2.05) is 48.2 Å². The average Bonchev–Trinajstić information content (AvgIpc) is 3.05. The van der Waals surface area contributed by atoms with Gasteiger partial charge in [0, 0.05) is 57.1 Å². The van der Waals surface area contributed by atoms with Gasteiger partial charge in [-0.05, 0) is 47.5 Å². The number of hydrogen-bond donors (Lipinski definition) is 0. The van der Waals surface area contributed by atoms with Gasteiger partial charge in [-0.1, -0.05) is 92.5 Å². The Hall–Kier alpha value is -2.34. The van der Waals surface area contributed by atoms with Crippen molar-refractivity contribution in [2.24, 2.45) is 0 Å². The lowest BCUT2D eigenvalue weighted by molar-refractivity contribution is 0.122. The molecule has 2 aliphatic rings. The summed E-state index contributed by atoms with van der Waals surface area (Å²) in [6.07, 6.45) is 0. The Morgan fingerprint density at radius 2 is 1.14 bits per heavy atom. The first-order valence-corrected chi connectivity index (χ1v) is 18.8. The number of halogens is 2. The van der Waals surface area contributed by atoms with Crippen LogP contribution in [-0.4, -0.2) is 61.0 Å². The van der Waals surface area contributed by atoms with Gasteiger partial charge in [-0.25, -0.2) is 8.42 Å². The highest BCUT2D eigenvalue weighted by molar-refractivity contribution is 9.10. The molecule has 4 aromatic rings. The van der Waals surface area contributed by atoms with Crippen LogP contribution in [0.4, 0.5) is 11.4 Å². The third-order valence-electron chi connectivity index (χ3n) is 7.27. The third-order valence-corrected chi connectivity index (χ3v) is 10.9. The van der Waals surface area contributed by atoms with Gasteiger partial charge in [0.1, 0.15) is 0 Å². The van der Waals surface area contributed by atoms with Crippen molar-refractivity contribution >= 4 is 64.8 Å². The van der Waals surface area contributed by atoms with Gasteiger partial charge in [0.15, 0.2) is 9.84 Å². The van der Waals surface area contributed by atoms with Crippen LogP contribution in [0, 0.1) is 0 Å². The minimum Gasteiger partial charge on any atom is -0.378 e. The zero-order valence-corrected chi connectivity index (χ0v) is 29.2. The number of thioether (sulfide) groups is 1. The zero-order chi connectivity index (χ0) is 30.8. The quantitative estimate of drug-likeness (QED) is 0.170. The van der Waals surface area contributed by atoms with E-state index in [0.717, 1.165) is 65.3 Å². The van der Waals surface area contributed by atoms with Gasteiger partial charge in [-0.15, -0.1) is 11.8 Å². The normalized spacial score (nSPS) is 15.4. The summed E-state index contributed by atoms with van der Waals surface area (Å²) in [5, 5.41) is 0. The van der Waals surface area contributed by atoms with Crippen molar-refractivity contribution in [1.29, 1.82) is 0 Å². The number of hydrogen-bond acceptors (Lipinski definition) is 7. The molecule has 2 heterocycles. The highest BCUT2D eigenvalue weighted by Crippen LogP contribution is 2.31. The van der Waals surface area contributed by atoms with Crippen LogP contribution in [0.25, 0.3) is 0 Å². The van der Waals surface area contributed by atoms with Gasteiger partial charge in [-0.3, -0.25) is 0 Å². The third kappa shape index (κ3) is 9.83. The first kappa shape index (κ1) is 33.0. The second-order valence-corrected chi connectivity index (χ2v) is 15.4. The maximum absolute atomic E-state index is 12.7. The van der Waals surface area contributed by atoms with E-state index >= 15 is 0 Å². The Morgan fingerprint density at radius 3 is 1.70 bits per heavy atom. The summed E-state index contributed by atoms with van der Waals surface area (Å²) in [6.45, 7) is 6.46. The van der Waals surface area contributed by atoms with Crippen LogP contribution in [0.1, 0.15) is 11.1 Å². The van der Waals surface area contributed by atoms with Crippen LogP contribution in [0.3, 0.4) is 0 Å². The van der Waals surface area contributed by atoms with E-state index in [0.29, 0.717) is 18.1 Å². The molecule has 0 aliphatic carbocycles. The molecule has 0 unspecified atom stereocenters. The molecule has 44 heavy (non-hydrogen) atoms. The number of sulfone groups is 1. The van der Waals surface area contributed by atoms with Crippen molar-refractivity contribution in [3.05, 3.63) is 117 Å². The Kier molecular flexibility index (Phi) is 12.2. The lowest BCUT2D eigenvalue weighted by atomic mass is 10.2. The Labute approximate surface area is 281 Å². The number of ether oxygens (including phenoxy) is 2. The summed E-state index contributed by atoms with van der Waals surface area (Å²) in [7, 11) is -3.38. The fourth-order valence-electron chi connectivity index (χ4n) is 4.98. The maximum atomic E-state index is 12.7. The molecular formula is C34H36Br2N2O4S2. The molecule has 0 bridgehead atoms. The second kappa shape index (κ2) is 16.3. The molecule has 0 spiro atoms. The molecular weight excluding hydrogens is 724 g/mol. The summed E-state index contributed by atoms with van der Waals surface area (Å²) in [6, 6.07) is 31.9. The minimum atomic E-state index is -3.38. The van der Waals surface area contributed by atoms with Crippen LogP contribution in [0.15, 0.2) is 116 Å². The molecule has 0 amide bonds. The largest absolute Gasteiger partial charge is 0.378 e. The summed E-state index contributed by atoms with van der Waals surface area (Å²) in [5.41, 5.74) is 4.34. The molecule has 6 nitrogen and oxygen atoms in total. The fraction of sp³-hybridized carbons (Fsp3) is 0.294. The van der Waals surface area contributed by atoms with Crippen molar-refractivity contribution in [3.8, 4) is 0 Å².